The maximum atomic E-state index is 13.0. The minimum Gasteiger partial charge on any atom is -0.485 e. The number of nitrogens with zero attached hydrogens (tertiary/aromatic N) is 2. The first-order chi connectivity index (χ1) is 17.0. The lowest BCUT2D eigenvalue weighted by atomic mass is 10.1. The Hall–Kier alpha value is -3.72. The lowest BCUT2D eigenvalue weighted by Crippen LogP contribution is -2.13. The van der Waals surface area contributed by atoms with Crippen molar-refractivity contribution < 1.29 is 27.1 Å². The molecule has 2 heterocycles. The molecule has 4 aromatic rings. The molecule has 36 heavy (non-hydrogen) atoms. The summed E-state index contributed by atoms with van der Waals surface area (Å²) in [6, 6.07) is 13.5. The van der Waals surface area contributed by atoms with Gasteiger partial charge in [0.25, 0.3) is 5.91 Å². The van der Waals surface area contributed by atoms with Crippen LogP contribution in [-0.2, 0) is 19.3 Å². The highest BCUT2D eigenvalue weighted by Crippen LogP contribution is 2.30. The molecule has 4 rings (SSSR count). The topological polar surface area (TPSA) is 69.3 Å². The van der Waals surface area contributed by atoms with E-state index in [0.29, 0.717) is 39.2 Å². The summed E-state index contributed by atoms with van der Waals surface area (Å²) in [6.07, 6.45) is -4.43. The van der Waals surface area contributed by atoms with E-state index in [1.807, 2.05) is 6.92 Å². The first-order valence-corrected chi connectivity index (χ1v) is 11.4. The van der Waals surface area contributed by atoms with Crippen LogP contribution < -0.4 is 10.1 Å². The molecule has 0 atom stereocenters. The summed E-state index contributed by atoms with van der Waals surface area (Å²) >= 11 is 5.96. The van der Waals surface area contributed by atoms with E-state index in [4.69, 9.17) is 20.8 Å². The van der Waals surface area contributed by atoms with Crippen molar-refractivity contribution >= 4 is 23.2 Å². The molecule has 2 aromatic heterocycles. The van der Waals surface area contributed by atoms with Gasteiger partial charge in [-0.2, -0.15) is 18.3 Å². The smallest absolute Gasteiger partial charge is 0.416 e. The van der Waals surface area contributed by atoms with Crippen molar-refractivity contribution in [3.63, 3.8) is 0 Å². The summed E-state index contributed by atoms with van der Waals surface area (Å²) in [6.45, 7) is 5.57. The number of halogens is 4. The summed E-state index contributed by atoms with van der Waals surface area (Å²) in [5, 5.41) is 7.79. The van der Waals surface area contributed by atoms with Crippen LogP contribution in [0.25, 0.3) is 0 Å². The number of rotatable bonds is 7. The number of carbonyl (C=O) groups excluding carboxylic acids is 1. The average Bonchev–Trinajstić information content (AvgIpc) is 3.39. The Balaban J connectivity index is 1.43. The van der Waals surface area contributed by atoms with Crippen molar-refractivity contribution in [2.45, 2.75) is 40.1 Å². The molecule has 0 saturated carbocycles. The van der Waals surface area contributed by atoms with Gasteiger partial charge in [0.1, 0.15) is 18.1 Å². The van der Waals surface area contributed by atoms with Crippen LogP contribution in [0.15, 0.2) is 59.0 Å². The molecule has 0 unspecified atom stereocenters. The molecule has 0 aliphatic heterocycles. The molecule has 6 nitrogen and oxygen atoms in total. The Bertz CT molecular complexity index is 1410. The zero-order valence-electron chi connectivity index (χ0n) is 19.7. The molecule has 0 aliphatic rings. The Labute approximate surface area is 210 Å². The number of amides is 1. The first kappa shape index (κ1) is 25.4. The van der Waals surface area contributed by atoms with Crippen LogP contribution in [0.1, 0.15) is 44.4 Å². The Morgan fingerprint density at radius 2 is 1.89 bits per heavy atom. The quantitative estimate of drug-likeness (QED) is 0.288. The lowest BCUT2D eigenvalue weighted by molar-refractivity contribution is -0.137. The van der Waals surface area contributed by atoms with Crippen LogP contribution in [0.3, 0.4) is 0 Å². The highest BCUT2D eigenvalue weighted by Gasteiger charge is 2.30. The fourth-order valence-electron chi connectivity index (χ4n) is 3.73. The Morgan fingerprint density at radius 3 is 2.61 bits per heavy atom. The molecule has 0 saturated heterocycles. The summed E-state index contributed by atoms with van der Waals surface area (Å²) in [4.78, 5) is 12.8. The van der Waals surface area contributed by atoms with Gasteiger partial charge in [-0.05, 0) is 74.4 Å². The van der Waals surface area contributed by atoms with E-state index in [1.165, 1.54) is 6.07 Å². The van der Waals surface area contributed by atoms with Crippen molar-refractivity contribution in [2.75, 3.05) is 5.32 Å². The van der Waals surface area contributed by atoms with Gasteiger partial charge in [0.15, 0.2) is 5.76 Å². The van der Waals surface area contributed by atoms with E-state index in [2.05, 4.69) is 10.4 Å². The zero-order chi connectivity index (χ0) is 26.0. The number of anilines is 1. The van der Waals surface area contributed by atoms with Crippen molar-refractivity contribution in [3.05, 3.63) is 99.2 Å². The minimum atomic E-state index is -4.43. The van der Waals surface area contributed by atoms with Crippen molar-refractivity contribution in [1.82, 2.24) is 9.78 Å². The van der Waals surface area contributed by atoms with Gasteiger partial charge in [-0.25, -0.2) is 0 Å². The third-order valence-corrected chi connectivity index (χ3v) is 5.83. The summed E-state index contributed by atoms with van der Waals surface area (Å²) in [7, 11) is 0. The van der Waals surface area contributed by atoms with Crippen LogP contribution in [-0.4, -0.2) is 15.7 Å². The van der Waals surface area contributed by atoms with E-state index >= 15 is 0 Å². The molecule has 0 spiro atoms. The minimum absolute atomic E-state index is 0.0888. The number of nitrogens with one attached hydrogen (secondary N) is 1. The van der Waals surface area contributed by atoms with Gasteiger partial charge >= 0.3 is 6.18 Å². The second-order valence-corrected chi connectivity index (χ2v) is 8.76. The lowest BCUT2D eigenvalue weighted by Gasteiger charge is -2.10. The number of ether oxygens (including phenoxy) is 1. The van der Waals surface area contributed by atoms with E-state index in [0.717, 1.165) is 17.7 Å². The van der Waals surface area contributed by atoms with E-state index < -0.39 is 17.6 Å². The van der Waals surface area contributed by atoms with Gasteiger partial charge in [-0.15, -0.1) is 0 Å². The number of carbonyl (C=O) groups is 1. The normalized spacial score (nSPS) is 11.5. The highest BCUT2D eigenvalue weighted by molar-refractivity contribution is 6.30. The van der Waals surface area contributed by atoms with E-state index in [1.54, 1.807) is 54.9 Å². The molecule has 188 valence electrons. The molecule has 0 radical (unpaired) electrons. The number of alkyl halides is 3. The highest BCUT2D eigenvalue weighted by atomic mass is 35.5. The van der Waals surface area contributed by atoms with Gasteiger partial charge in [0, 0.05) is 5.02 Å². The first-order valence-electron chi connectivity index (χ1n) is 11.0. The number of hydrogen-bond donors (Lipinski definition) is 1. The van der Waals surface area contributed by atoms with Gasteiger partial charge in [0.05, 0.1) is 29.2 Å². The van der Waals surface area contributed by atoms with Crippen molar-refractivity contribution in [1.29, 1.82) is 0 Å². The second-order valence-electron chi connectivity index (χ2n) is 8.32. The van der Waals surface area contributed by atoms with Gasteiger partial charge in [-0.1, -0.05) is 23.7 Å². The number of aromatic nitrogens is 2. The molecule has 0 fully saturated rings. The third kappa shape index (κ3) is 5.73. The van der Waals surface area contributed by atoms with Crippen LogP contribution >= 0.6 is 11.6 Å². The fourth-order valence-corrected chi connectivity index (χ4v) is 3.95. The van der Waals surface area contributed by atoms with Gasteiger partial charge in [0.2, 0.25) is 0 Å². The standard InChI is InChI=1S/C26H23ClF3N3O3/c1-15-11-20(27)7-9-22(15)35-14-21-8-10-23(36-21)25(34)31-24-16(2)32-33(17(24)3)13-18-5-4-6-19(12-18)26(28,29)30/h4-12H,13-14H2,1-3H3,(H,31,34). The van der Waals surface area contributed by atoms with Crippen LogP contribution in [0.2, 0.25) is 5.02 Å². The number of hydrogen-bond acceptors (Lipinski definition) is 4. The summed E-state index contributed by atoms with van der Waals surface area (Å²) < 4.78 is 52.0. The average molecular weight is 518 g/mol. The largest absolute Gasteiger partial charge is 0.485 e. The molecular formula is C26H23ClF3N3O3. The number of furan rings is 1. The molecule has 0 bridgehead atoms. The van der Waals surface area contributed by atoms with Gasteiger partial charge < -0.3 is 14.5 Å². The fraction of sp³-hybridized carbons (Fsp3) is 0.231. The predicted octanol–water partition coefficient (Wildman–Crippen LogP) is 6.95. The zero-order valence-corrected chi connectivity index (χ0v) is 20.5. The van der Waals surface area contributed by atoms with Crippen LogP contribution in [0.4, 0.5) is 18.9 Å². The Morgan fingerprint density at radius 1 is 1.11 bits per heavy atom. The monoisotopic (exact) mass is 517 g/mol. The molecule has 2 aromatic carbocycles. The van der Waals surface area contributed by atoms with E-state index in [-0.39, 0.29) is 18.9 Å². The third-order valence-electron chi connectivity index (χ3n) is 5.60. The molecular weight excluding hydrogens is 495 g/mol. The molecule has 1 N–H and O–H groups in total. The SMILES string of the molecule is Cc1cc(Cl)ccc1OCc1ccc(C(=O)Nc2c(C)nn(Cc3cccc(C(F)(F)F)c3)c2C)o1. The Kier molecular flexibility index (Phi) is 7.12. The van der Waals surface area contributed by atoms with Crippen molar-refractivity contribution in [2.24, 2.45) is 0 Å². The maximum Gasteiger partial charge on any atom is 0.416 e. The summed E-state index contributed by atoms with van der Waals surface area (Å²) in [5.41, 5.74) is 2.20. The summed E-state index contributed by atoms with van der Waals surface area (Å²) in [5.74, 6) is 0.726. The maximum absolute atomic E-state index is 13.0. The van der Waals surface area contributed by atoms with E-state index in [9.17, 15) is 18.0 Å². The van der Waals surface area contributed by atoms with Crippen molar-refractivity contribution in [3.8, 4) is 5.75 Å². The van der Waals surface area contributed by atoms with Crippen LogP contribution in [0, 0.1) is 20.8 Å². The predicted molar refractivity (Wildman–Crippen MR) is 129 cm³/mol. The second kappa shape index (κ2) is 10.1. The molecule has 1 amide bonds. The van der Waals surface area contributed by atoms with Gasteiger partial charge in [-0.3, -0.25) is 9.48 Å². The molecule has 0 aliphatic carbocycles. The number of aryl methyl sites for hydroxylation is 2. The molecule has 10 heteroatoms. The number of benzene rings is 2. The van der Waals surface area contributed by atoms with Crippen LogP contribution in [0.5, 0.6) is 5.75 Å².